The van der Waals surface area contributed by atoms with Gasteiger partial charge in [-0.05, 0) is 68.3 Å². The van der Waals surface area contributed by atoms with Gasteiger partial charge in [-0.1, -0.05) is 35.9 Å². The quantitative estimate of drug-likeness (QED) is 0.567. The van der Waals surface area contributed by atoms with E-state index >= 15 is 0 Å². The summed E-state index contributed by atoms with van der Waals surface area (Å²) >= 11 is 0. The zero-order valence-electron chi connectivity index (χ0n) is 19.8. The highest BCUT2D eigenvalue weighted by Gasteiger charge is 2.26. The molecule has 4 rings (SSSR count). The molecule has 8 heteroatoms. The smallest absolute Gasteiger partial charge is 0.264 e. The van der Waals surface area contributed by atoms with E-state index in [1.54, 1.807) is 65.6 Å². The third-order valence-electron chi connectivity index (χ3n) is 6.31. The summed E-state index contributed by atoms with van der Waals surface area (Å²) in [6, 6.07) is 22.4. The molecule has 1 saturated heterocycles. The van der Waals surface area contributed by atoms with Crippen LogP contribution in [0.4, 0.5) is 5.69 Å². The number of carbonyl (C=O) groups excluding carboxylic acids is 2. The Labute approximate surface area is 206 Å². The van der Waals surface area contributed by atoms with Gasteiger partial charge in [-0.3, -0.25) is 13.9 Å². The normalized spacial score (nSPS) is 14.4. The molecule has 3 aromatic rings. The zero-order valence-corrected chi connectivity index (χ0v) is 20.7. The molecule has 1 aliphatic heterocycles. The second kappa shape index (κ2) is 10.3. The third kappa shape index (κ3) is 5.54. The van der Waals surface area contributed by atoms with Crippen LogP contribution in [0, 0.1) is 6.92 Å². The second-order valence-corrected chi connectivity index (χ2v) is 10.7. The van der Waals surface area contributed by atoms with E-state index in [1.165, 1.54) is 11.4 Å². The van der Waals surface area contributed by atoms with Crippen molar-refractivity contribution in [1.29, 1.82) is 0 Å². The van der Waals surface area contributed by atoms with Gasteiger partial charge in [0.25, 0.3) is 21.8 Å². The van der Waals surface area contributed by atoms with Crippen LogP contribution in [0.5, 0.6) is 0 Å². The fourth-order valence-electron chi connectivity index (χ4n) is 4.09. The predicted octanol–water partition coefficient (Wildman–Crippen LogP) is 3.85. The van der Waals surface area contributed by atoms with Crippen LogP contribution in [-0.2, 0) is 10.0 Å². The first-order valence-corrected chi connectivity index (χ1v) is 13.0. The second-order valence-electron chi connectivity index (χ2n) is 8.74. The number of benzene rings is 3. The summed E-state index contributed by atoms with van der Waals surface area (Å²) in [5.74, 6) is -0.205. The summed E-state index contributed by atoms with van der Waals surface area (Å²) in [5, 5.41) is 3.05. The number of anilines is 1. The van der Waals surface area contributed by atoms with Gasteiger partial charge in [-0.15, -0.1) is 0 Å². The van der Waals surface area contributed by atoms with Crippen molar-refractivity contribution >= 4 is 27.5 Å². The van der Waals surface area contributed by atoms with Gasteiger partial charge in [0.2, 0.25) is 0 Å². The minimum absolute atomic E-state index is 0.0229. The maximum absolute atomic E-state index is 13.0. The summed E-state index contributed by atoms with van der Waals surface area (Å²) in [6.45, 7) is 2.99. The maximum Gasteiger partial charge on any atom is 0.264 e. The Balaban J connectivity index is 1.35. The molecule has 1 aliphatic rings. The molecule has 1 fully saturated rings. The highest BCUT2D eigenvalue weighted by Crippen LogP contribution is 2.23. The van der Waals surface area contributed by atoms with E-state index in [9.17, 15) is 18.0 Å². The fraction of sp³-hybridized carbons (Fsp3) is 0.259. The largest absolute Gasteiger partial charge is 0.349 e. The first-order valence-electron chi connectivity index (χ1n) is 11.6. The van der Waals surface area contributed by atoms with Crippen LogP contribution in [-0.4, -0.2) is 51.3 Å². The molecule has 0 spiro atoms. The zero-order chi connectivity index (χ0) is 25.0. The number of aryl methyl sites for hydroxylation is 1. The van der Waals surface area contributed by atoms with Gasteiger partial charge in [-0.2, -0.15) is 0 Å². The summed E-state index contributed by atoms with van der Waals surface area (Å²) in [4.78, 5) is 27.3. The van der Waals surface area contributed by atoms with Crippen molar-refractivity contribution in [1.82, 2.24) is 10.2 Å². The van der Waals surface area contributed by atoms with Crippen LogP contribution in [0.3, 0.4) is 0 Å². The van der Waals surface area contributed by atoms with Crippen molar-refractivity contribution in [2.24, 2.45) is 0 Å². The molecule has 182 valence electrons. The third-order valence-corrected chi connectivity index (χ3v) is 8.11. The van der Waals surface area contributed by atoms with Crippen LogP contribution in [0.2, 0.25) is 0 Å². The fourth-order valence-corrected chi connectivity index (χ4v) is 5.28. The lowest BCUT2D eigenvalue weighted by Crippen LogP contribution is -2.46. The molecular weight excluding hydrogens is 462 g/mol. The number of hydrogen-bond acceptors (Lipinski definition) is 4. The first-order chi connectivity index (χ1) is 16.8. The number of carbonyl (C=O) groups is 2. The summed E-state index contributed by atoms with van der Waals surface area (Å²) < 4.78 is 27.1. The molecule has 1 heterocycles. The van der Waals surface area contributed by atoms with Crippen LogP contribution in [0.1, 0.15) is 39.1 Å². The van der Waals surface area contributed by atoms with E-state index in [-0.39, 0.29) is 22.8 Å². The van der Waals surface area contributed by atoms with Gasteiger partial charge < -0.3 is 10.2 Å². The molecule has 0 aromatic heterocycles. The molecule has 0 unspecified atom stereocenters. The minimum atomic E-state index is -3.70. The van der Waals surface area contributed by atoms with Crippen LogP contribution in [0.15, 0.2) is 83.8 Å². The van der Waals surface area contributed by atoms with Gasteiger partial charge >= 0.3 is 0 Å². The summed E-state index contributed by atoms with van der Waals surface area (Å²) in [7, 11) is -2.19. The standard InChI is InChI=1S/C27H29N3O4S/c1-20-8-14-25(15-9-20)35(33,34)29(2)24-12-10-22(11-13-24)27(32)30-18-16-23(17-19-30)28-26(31)21-6-4-3-5-7-21/h3-15,23H,16-19H2,1-2H3,(H,28,31). The van der Waals surface area contributed by atoms with Crippen molar-refractivity contribution < 1.29 is 18.0 Å². The molecule has 7 nitrogen and oxygen atoms in total. The molecule has 0 aliphatic carbocycles. The summed E-state index contributed by atoms with van der Waals surface area (Å²) in [6.07, 6.45) is 1.36. The Morgan fingerprint density at radius 3 is 2.06 bits per heavy atom. The molecule has 0 saturated carbocycles. The van der Waals surface area contributed by atoms with Gasteiger partial charge in [0.15, 0.2) is 0 Å². The Morgan fingerprint density at radius 2 is 1.46 bits per heavy atom. The maximum atomic E-state index is 13.0. The van der Waals surface area contributed by atoms with E-state index in [0.717, 1.165) is 5.56 Å². The van der Waals surface area contributed by atoms with Crippen molar-refractivity contribution in [3.63, 3.8) is 0 Å². The lowest BCUT2D eigenvalue weighted by atomic mass is 10.0. The molecule has 2 amide bonds. The van der Waals surface area contributed by atoms with Crippen molar-refractivity contribution in [2.75, 3.05) is 24.4 Å². The van der Waals surface area contributed by atoms with Crippen molar-refractivity contribution in [3.05, 3.63) is 95.6 Å². The lowest BCUT2D eigenvalue weighted by molar-refractivity contribution is 0.0698. The number of hydrogen-bond donors (Lipinski definition) is 1. The van der Waals surface area contributed by atoms with Crippen molar-refractivity contribution in [3.8, 4) is 0 Å². The van der Waals surface area contributed by atoms with Crippen LogP contribution >= 0.6 is 0 Å². The average molecular weight is 492 g/mol. The molecule has 35 heavy (non-hydrogen) atoms. The van der Waals surface area contributed by atoms with Crippen LogP contribution in [0.25, 0.3) is 0 Å². The van der Waals surface area contributed by atoms with Crippen LogP contribution < -0.4 is 9.62 Å². The Bertz CT molecular complexity index is 1280. The Morgan fingerprint density at radius 1 is 0.857 bits per heavy atom. The number of amides is 2. The predicted molar refractivity (Wildman–Crippen MR) is 136 cm³/mol. The van der Waals surface area contributed by atoms with Gasteiger partial charge in [0.1, 0.15) is 0 Å². The van der Waals surface area contributed by atoms with Gasteiger partial charge in [0, 0.05) is 37.3 Å². The van der Waals surface area contributed by atoms with Gasteiger partial charge in [0.05, 0.1) is 10.6 Å². The number of piperidine rings is 1. The summed E-state index contributed by atoms with van der Waals surface area (Å²) in [5.41, 5.74) is 2.59. The highest BCUT2D eigenvalue weighted by molar-refractivity contribution is 7.92. The Kier molecular flexibility index (Phi) is 7.21. The molecule has 0 atom stereocenters. The Hall–Kier alpha value is -3.65. The van der Waals surface area contributed by atoms with E-state index in [0.29, 0.717) is 42.7 Å². The molecule has 0 radical (unpaired) electrons. The van der Waals surface area contributed by atoms with E-state index in [4.69, 9.17) is 0 Å². The highest BCUT2D eigenvalue weighted by atomic mass is 32.2. The number of sulfonamides is 1. The number of nitrogens with zero attached hydrogens (tertiary/aromatic N) is 2. The van der Waals surface area contributed by atoms with Crippen molar-refractivity contribution in [2.45, 2.75) is 30.7 Å². The molecular formula is C27H29N3O4S. The number of rotatable bonds is 6. The molecule has 3 aromatic carbocycles. The SMILES string of the molecule is Cc1ccc(S(=O)(=O)N(C)c2ccc(C(=O)N3CCC(NC(=O)c4ccccc4)CC3)cc2)cc1. The minimum Gasteiger partial charge on any atom is -0.349 e. The van der Waals surface area contributed by atoms with E-state index in [1.807, 2.05) is 25.1 Å². The van der Waals surface area contributed by atoms with E-state index in [2.05, 4.69) is 5.32 Å². The number of likely N-dealkylation sites (tertiary alicyclic amines) is 1. The molecule has 1 N–H and O–H groups in total. The first kappa shape index (κ1) is 24.5. The lowest BCUT2D eigenvalue weighted by Gasteiger charge is -2.32. The molecule has 0 bridgehead atoms. The number of nitrogens with one attached hydrogen (secondary N) is 1. The van der Waals surface area contributed by atoms with E-state index < -0.39 is 10.0 Å². The monoisotopic (exact) mass is 491 g/mol. The van der Waals surface area contributed by atoms with Gasteiger partial charge in [-0.25, -0.2) is 8.42 Å². The average Bonchev–Trinajstić information content (AvgIpc) is 2.89. The topological polar surface area (TPSA) is 86.8 Å².